The van der Waals surface area contributed by atoms with Gasteiger partial charge in [-0.2, -0.15) is 0 Å². The van der Waals surface area contributed by atoms with Gasteiger partial charge in [0.1, 0.15) is 5.60 Å². The molecule has 0 aliphatic carbocycles. The number of piperidine rings is 1. The summed E-state index contributed by atoms with van der Waals surface area (Å²) >= 11 is 0. The molecule has 0 aromatic heterocycles. The van der Waals surface area contributed by atoms with E-state index in [9.17, 15) is 14.9 Å². The first-order valence-electron chi connectivity index (χ1n) is 11.5. The molecule has 4 rings (SSSR count). The summed E-state index contributed by atoms with van der Waals surface area (Å²) in [5.74, 6) is 0. The molecular weight excluding hydrogens is 420 g/mol. The molecule has 0 bridgehead atoms. The minimum atomic E-state index is -0.496. The highest BCUT2D eigenvalue weighted by Crippen LogP contribution is 2.30. The van der Waals surface area contributed by atoms with E-state index in [2.05, 4.69) is 22.3 Å². The Morgan fingerprint density at radius 1 is 1.09 bits per heavy atom. The number of nitrogens with zero attached hydrogens (tertiary/aromatic N) is 3. The van der Waals surface area contributed by atoms with Gasteiger partial charge in [0.15, 0.2) is 0 Å². The van der Waals surface area contributed by atoms with Crippen molar-refractivity contribution in [2.24, 2.45) is 0 Å². The first-order valence-corrected chi connectivity index (χ1v) is 11.5. The average Bonchev–Trinajstić information content (AvgIpc) is 2.78. The molecule has 2 aromatic rings. The predicted octanol–water partition coefficient (Wildman–Crippen LogP) is 4.97. The molecule has 8 nitrogen and oxygen atoms in total. The van der Waals surface area contributed by atoms with Crippen LogP contribution in [-0.4, -0.2) is 47.2 Å². The van der Waals surface area contributed by atoms with Crippen LogP contribution in [0.15, 0.2) is 42.5 Å². The number of nitrogens with one attached hydrogen (secondary N) is 1. The van der Waals surface area contributed by atoms with Gasteiger partial charge in [0.05, 0.1) is 4.92 Å². The Labute approximate surface area is 194 Å². The van der Waals surface area contributed by atoms with Crippen molar-refractivity contribution in [3.8, 4) is 0 Å². The van der Waals surface area contributed by atoms with Gasteiger partial charge >= 0.3 is 6.09 Å². The number of carbonyl (C=O) groups is 1. The van der Waals surface area contributed by atoms with Crippen molar-refractivity contribution in [1.82, 2.24) is 4.90 Å². The fourth-order valence-corrected chi connectivity index (χ4v) is 4.51. The second kappa shape index (κ2) is 9.29. The fourth-order valence-electron chi connectivity index (χ4n) is 4.51. The number of rotatable bonds is 4. The Bertz CT molecular complexity index is 1010. The smallest absolute Gasteiger partial charge is 0.410 e. The minimum absolute atomic E-state index is 0.120. The number of ether oxygens (including phenoxy) is 1. The van der Waals surface area contributed by atoms with Crippen molar-refractivity contribution in [3.05, 3.63) is 63.7 Å². The predicted molar refractivity (Wildman–Crippen MR) is 129 cm³/mol. The lowest BCUT2D eigenvalue weighted by Crippen LogP contribution is -2.41. The topological polar surface area (TPSA) is 88.0 Å². The Morgan fingerprint density at radius 3 is 2.42 bits per heavy atom. The number of benzene rings is 2. The number of nitro groups is 1. The molecule has 0 radical (unpaired) electrons. The number of nitro benzene ring substituents is 1. The lowest BCUT2D eigenvalue weighted by atomic mass is 9.96. The lowest BCUT2D eigenvalue weighted by molar-refractivity contribution is -0.384. The van der Waals surface area contributed by atoms with Crippen LogP contribution >= 0.6 is 0 Å². The van der Waals surface area contributed by atoms with Gasteiger partial charge in [-0.1, -0.05) is 12.1 Å². The summed E-state index contributed by atoms with van der Waals surface area (Å²) in [5, 5.41) is 14.6. The van der Waals surface area contributed by atoms with Crippen molar-refractivity contribution >= 4 is 23.2 Å². The van der Waals surface area contributed by atoms with Crippen LogP contribution in [-0.2, 0) is 17.7 Å². The number of non-ortho nitro benzene ring substituents is 1. The van der Waals surface area contributed by atoms with E-state index in [0.29, 0.717) is 19.1 Å². The Kier molecular flexibility index (Phi) is 6.44. The Morgan fingerprint density at radius 2 is 1.79 bits per heavy atom. The van der Waals surface area contributed by atoms with E-state index >= 15 is 0 Å². The molecule has 0 spiro atoms. The van der Waals surface area contributed by atoms with E-state index in [1.807, 2.05) is 39.0 Å². The summed E-state index contributed by atoms with van der Waals surface area (Å²) in [6.45, 7) is 8.68. The SMILES string of the molecule is CC(C)(C)OC(=O)N1CCc2c(cccc2NC2CCN(c3ccc([N+](=O)[O-])cc3)CC2)C1. The van der Waals surface area contributed by atoms with Gasteiger partial charge < -0.3 is 19.9 Å². The largest absolute Gasteiger partial charge is 0.444 e. The van der Waals surface area contributed by atoms with Gasteiger partial charge in [0.25, 0.3) is 5.69 Å². The van der Waals surface area contributed by atoms with Crippen molar-refractivity contribution in [1.29, 1.82) is 0 Å². The summed E-state index contributed by atoms with van der Waals surface area (Å²) in [5.41, 5.74) is 4.26. The van der Waals surface area contributed by atoms with E-state index < -0.39 is 5.60 Å². The van der Waals surface area contributed by atoms with Crippen LogP contribution < -0.4 is 10.2 Å². The van der Waals surface area contributed by atoms with Crippen LogP contribution in [0.2, 0.25) is 0 Å². The van der Waals surface area contributed by atoms with Crippen LogP contribution in [0, 0.1) is 10.1 Å². The maximum atomic E-state index is 12.5. The van der Waals surface area contributed by atoms with Crippen LogP contribution in [0.25, 0.3) is 0 Å². The van der Waals surface area contributed by atoms with E-state index in [1.165, 1.54) is 11.1 Å². The molecule has 1 N–H and O–H groups in total. The van der Waals surface area contributed by atoms with Crippen LogP contribution in [0.3, 0.4) is 0 Å². The Hall–Kier alpha value is -3.29. The zero-order valence-electron chi connectivity index (χ0n) is 19.5. The van der Waals surface area contributed by atoms with E-state index in [1.54, 1.807) is 17.0 Å². The van der Waals surface area contributed by atoms with Crippen molar-refractivity contribution in [3.63, 3.8) is 0 Å². The molecule has 0 saturated carbocycles. The maximum absolute atomic E-state index is 12.5. The van der Waals surface area contributed by atoms with Gasteiger partial charge in [-0.05, 0) is 69.4 Å². The first kappa shape index (κ1) is 22.9. The van der Waals surface area contributed by atoms with Crippen molar-refractivity contribution in [2.45, 2.75) is 58.2 Å². The third-order valence-electron chi connectivity index (χ3n) is 6.20. The average molecular weight is 453 g/mol. The molecule has 2 aliphatic heterocycles. The molecule has 0 atom stereocenters. The van der Waals surface area contributed by atoms with Gasteiger partial charge in [-0.3, -0.25) is 10.1 Å². The third-order valence-corrected chi connectivity index (χ3v) is 6.20. The van der Waals surface area contributed by atoms with Gasteiger partial charge in [-0.15, -0.1) is 0 Å². The number of hydrogen-bond donors (Lipinski definition) is 1. The number of fused-ring (bicyclic) bond motifs is 1. The molecule has 1 saturated heterocycles. The molecule has 2 aromatic carbocycles. The molecule has 8 heteroatoms. The lowest BCUT2D eigenvalue weighted by Gasteiger charge is -2.36. The monoisotopic (exact) mass is 452 g/mol. The summed E-state index contributed by atoms with van der Waals surface area (Å²) in [4.78, 5) is 27.0. The summed E-state index contributed by atoms with van der Waals surface area (Å²) in [6.07, 6.45) is 2.53. The molecule has 2 heterocycles. The quantitative estimate of drug-likeness (QED) is 0.521. The number of amides is 1. The van der Waals surface area contributed by atoms with Crippen LogP contribution in [0.1, 0.15) is 44.7 Å². The first-order chi connectivity index (χ1) is 15.7. The molecule has 1 amide bonds. The molecule has 0 unspecified atom stereocenters. The van der Waals surface area contributed by atoms with Crippen molar-refractivity contribution in [2.75, 3.05) is 29.9 Å². The zero-order valence-corrected chi connectivity index (χ0v) is 19.5. The number of carbonyl (C=O) groups excluding carboxylic acids is 1. The van der Waals surface area contributed by atoms with Crippen LogP contribution in [0.5, 0.6) is 0 Å². The second-order valence-corrected chi connectivity index (χ2v) is 9.77. The van der Waals surface area contributed by atoms with E-state index in [0.717, 1.165) is 43.7 Å². The Balaban J connectivity index is 1.35. The van der Waals surface area contributed by atoms with Gasteiger partial charge in [0.2, 0.25) is 0 Å². The maximum Gasteiger partial charge on any atom is 0.410 e. The molecule has 1 fully saturated rings. The van der Waals surface area contributed by atoms with E-state index in [-0.39, 0.29) is 16.7 Å². The minimum Gasteiger partial charge on any atom is -0.444 e. The molecule has 176 valence electrons. The highest BCUT2D eigenvalue weighted by atomic mass is 16.6. The van der Waals surface area contributed by atoms with Gasteiger partial charge in [-0.25, -0.2) is 4.79 Å². The summed E-state index contributed by atoms with van der Waals surface area (Å²) < 4.78 is 5.54. The molecular formula is C25H32N4O4. The standard InChI is InChI=1S/C25H32N4O4/c1-25(2,3)33-24(30)28-16-13-22-18(17-28)5-4-6-23(22)26-19-11-14-27(15-12-19)20-7-9-21(10-8-20)29(31)32/h4-10,19,26H,11-17H2,1-3H3. The number of hydrogen-bond acceptors (Lipinski definition) is 6. The zero-order chi connectivity index (χ0) is 23.6. The van der Waals surface area contributed by atoms with Gasteiger partial charge in [0, 0.05) is 55.7 Å². The normalized spacial score (nSPS) is 16.8. The van der Waals surface area contributed by atoms with Crippen molar-refractivity contribution < 1.29 is 14.5 Å². The number of anilines is 2. The highest BCUT2D eigenvalue weighted by Gasteiger charge is 2.27. The summed E-state index contributed by atoms with van der Waals surface area (Å²) in [7, 11) is 0. The third kappa shape index (κ3) is 5.56. The highest BCUT2D eigenvalue weighted by molar-refractivity contribution is 5.69. The molecule has 2 aliphatic rings. The summed E-state index contributed by atoms with van der Waals surface area (Å²) in [6, 6.07) is 13.4. The fraction of sp³-hybridized carbons (Fsp3) is 0.480. The van der Waals surface area contributed by atoms with E-state index in [4.69, 9.17) is 4.74 Å². The second-order valence-electron chi connectivity index (χ2n) is 9.77. The molecule has 33 heavy (non-hydrogen) atoms. The van der Waals surface area contributed by atoms with Crippen LogP contribution in [0.4, 0.5) is 21.9 Å².